The van der Waals surface area contributed by atoms with Crippen LogP contribution in [0.3, 0.4) is 0 Å². The molecule has 0 spiro atoms. The van der Waals surface area contributed by atoms with E-state index in [9.17, 15) is 18.0 Å². The molecule has 2 unspecified atom stereocenters. The molecule has 1 amide bonds. The largest absolute Gasteiger partial charge is 0.464 e. The summed E-state index contributed by atoms with van der Waals surface area (Å²) in [5.41, 5.74) is -1.22. The van der Waals surface area contributed by atoms with Crippen molar-refractivity contribution in [1.29, 1.82) is 0 Å². The molecular weight excluding hydrogens is 444 g/mol. The summed E-state index contributed by atoms with van der Waals surface area (Å²) in [5, 5.41) is 0. The minimum Gasteiger partial charge on any atom is -0.464 e. The van der Waals surface area contributed by atoms with Crippen LogP contribution in [-0.2, 0) is 30.9 Å². The van der Waals surface area contributed by atoms with E-state index in [1.807, 2.05) is 32.9 Å². The molecule has 2 aliphatic carbocycles. The molecule has 2 saturated carbocycles. The zero-order valence-electron chi connectivity index (χ0n) is 20.7. The van der Waals surface area contributed by atoms with Gasteiger partial charge in [-0.2, -0.15) is 4.31 Å². The number of ether oxygens (including phenoxy) is 1. The molecule has 186 valence electrons. The standard InChI is InChI=1S/C24H38N2O6S/c1-17(2)26(15-22(28)25(11-12-31-6)14-20-8-7-18(3)32-20)33(29,30)16-24-10-9-19(13-21(24)27)23(24,4)5/h7-8,17,19H,9-16H2,1-6H3. The highest BCUT2D eigenvalue weighted by Crippen LogP contribution is 2.64. The Hall–Kier alpha value is -1.71. The van der Waals surface area contributed by atoms with Gasteiger partial charge in [0, 0.05) is 31.5 Å². The number of hydrogen-bond acceptors (Lipinski definition) is 6. The van der Waals surface area contributed by atoms with Crippen molar-refractivity contribution in [2.24, 2.45) is 16.7 Å². The second-order valence-electron chi connectivity index (χ2n) is 10.4. The molecule has 0 aliphatic heterocycles. The Morgan fingerprint density at radius 1 is 1.30 bits per heavy atom. The smallest absolute Gasteiger partial charge is 0.238 e. The fourth-order valence-electron chi connectivity index (χ4n) is 5.59. The fraction of sp³-hybridized carbons (Fsp3) is 0.750. The van der Waals surface area contributed by atoms with Gasteiger partial charge in [0.15, 0.2) is 0 Å². The van der Waals surface area contributed by atoms with Crippen LogP contribution in [0, 0.1) is 23.7 Å². The topological polar surface area (TPSA) is 97.1 Å². The first-order valence-corrected chi connectivity index (χ1v) is 13.3. The zero-order chi connectivity index (χ0) is 24.6. The maximum Gasteiger partial charge on any atom is 0.238 e. The lowest BCUT2D eigenvalue weighted by atomic mass is 9.70. The van der Waals surface area contributed by atoms with E-state index < -0.39 is 21.5 Å². The summed E-state index contributed by atoms with van der Waals surface area (Å²) in [6.45, 7) is 9.99. The molecule has 3 rings (SSSR count). The van der Waals surface area contributed by atoms with Crippen molar-refractivity contribution in [3.8, 4) is 0 Å². The lowest BCUT2D eigenvalue weighted by Crippen LogP contribution is -2.51. The monoisotopic (exact) mass is 482 g/mol. The second kappa shape index (κ2) is 9.50. The number of fused-ring (bicyclic) bond motifs is 2. The Kier molecular flexibility index (Phi) is 7.46. The SMILES string of the molecule is COCCN(Cc1ccc(C)o1)C(=O)CN(C(C)C)S(=O)(=O)CC12CCC(CC1=O)C2(C)C. The van der Waals surface area contributed by atoms with Gasteiger partial charge in [-0.1, -0.05) is 13.8 Å². The first-order valence-electron chi connectivity index (χ1n) is 11.7. The van der Waals surface area contributed by atoms with E-state index in [1.54, 1.807) is 25.9 Å². The molecular formula is C24H38N2O6S. The molecule has 1 aromatic heterocycles. The highest BCUT2D eigenvalue weighted by Gasteiger charge is 2.65. The number of ketones is 1. The number of rotatable bonds is 11. The van der Waals surface area contributed by atoms with Gasteiger partial charge >= 0.3 is 0 Å². The van der Waals surface area contributed by atoms with Gasteiger partial charge in [0.1, 0.15) is 17.3 Å². The van der Waals surface area contributed by atoms with Crippen LogP contribution in [0.4, 0.5) is 0 Å². The minimum absolute atomic E-state index is 0.0530. The van der Waals surface area contributed by atoms with Crippen LogP contribution in [0.25, 0.3) is 0 Å². The van der Waals surface area contributed by atoms with E-state index in [-0.39, 0.29) is 41.9 Å². The van der Waals surface area contributed by atoms with Crippen LogP contribution < -0.4 is 0 Å². The Morgan fingerprint density at radius 2 is 2.00 bits per heavy atom. The number of aryl methyl sites for hydroxylation is 1. The van der Waals surface area contributed by atoms with E-state index in [4.69, 9.17) is 9.15 Å². The van der Waals surface area contributed by atoms with Crippen molar-refractivity contribution in [3.63, 3.8) is 0 Å². The normalized spacial score (nSPS) is 24.2. The number of amides is 1. The third kappa shape index (κ3) is 4.91. The highest BCUT2D eigenvalue weighted by molar-refractivity contribution is 7.89. The third-order valence-corrected chi connectivity index (χ3v) is 9.98. The summed E-state index contributed by atoms with van der Waals surface area (Å²) in [6.07, 6.45) is 1.93. The van der Waals surface area contributed by atoms with E-state index in [0.29, 0.717) is 31.8 Å². The first kappa shape index (κ1) is 25.9. The Bertz CT molecular complexity index is 983. The van der Waals surface area contributed by atoms with Gasteiger partial charge < -0.3 is 14.1 Å². The molecule has 0 aromatic carbocycles. The number of furan rings is 1. The maximum absolute atomic E-state index is 13.6. The van der Waals surface area contributed by atoms with Gasteiger partial charge in [-0.15, -0.1) is 0 Å². The van der Waals surface area contributed by atoms with Gasteiger partial charge in [0.25, 0.3) is 0 Å². The summed E-state index contributed by atoms with van der Waals surface area (Å²) in [5.74, 6) is 1.10. The van der Waals surface area contributed by atoms with Crippen LogP contribution in [-0.4, -0.2) is 67.9 Å². The number of sulfonamides is 1. The van der Waals surface area contributed by atoms with Crippen LogP contribution in [0.5, 0.6) is 0 Å². The van der Waals surface area contributed by atoms with E-state index in [2.05, 4.69) is 0 Å². The van der Waals surface area contributed by atoms with Crippen LogP contribution in [0.15, 0.2) is 16.5 Å². The molecule has 0 N–H and O–H groups in total. The van der Waals surface area contributed by atoms with Gasteiger partial charge in [-0.05, 0) is 57.1 Å². The quantitative estimate of drug-likeness (QED) is 0.481. The summed E-state index contributed by atoms with van der Waals surface area (Å²) >= 11 is 0. The number of methoxy groups -OCH3 is 1. The molecule has 0 radical (unpaired) electrons. The van der Waals surface area contributed by atoms with Gasteiger partial charge in [0.05, 0.1) is 25.4 Å². The summed E-state index contributed by atoms with van der Waals surface area (Å²) < 4.78 is 39.3. The van der Waals surface area contributed by atoms with Gasteiger partial charge in [-0.25, -0.2) is 8.42 Å². The van der Waals surface area contributed by atoms with E-state index >= 15 is 0 Å². The Morgan fingerprint density at radius 3 is 2.48 bits per heavy atom. The fourth-order valence-corrected chi connectivity index (χ4v) is 8.00. The molecule has 2 bridgehead atoms. The molecule has 0 saturated heterocycles. The van der Waals surface area contributed by atoms with Gasteiger partial charge in [-0.3, -0.25) is 9.59 Å². The molecule has 2 aliphatic rings. The predicted octanol–water partition coefficient (Wildman–Crippen LogP) is 3.00. The Labute approximate surface area is 197 Å². The maximum atomic E-state index is 13.6. The van der Waals surface area contributed by atoms with Crippen molar-refractivity contribution < 1.29 is 27.2 Å². The molecule has 8 nitrogen and oxygen atoms in total. The molecule has 1 aromatic rings. The van der Waals surface area contributed by atoms with Crippen LogP contribution in [0.2, 0.25) is 0 Å². The molecule has 33 heavy (non-hydrogen) atoms. The summed E-state index contributed by atoms with van der Waals surface area (Å²) in [6, 6.07) is 3.22. The third-order valence-electron chi connectivity index (χ3n) is 7.85. The van der Waals surface area contributed by atoms with Crippen molar-refractivity contribution >= 4 is 21.7 Å². The van der Waals surface area contributed by atoms with Gasteiger partial charge in [0.2, 0.25) is 15.9 Å². The summed E-state index contributed by atoms with van der Waals surface area (Å²) in [4.78, 5) is 27.7. The average molecular weight is 483 g/mol. The van der Waals surface area contributed by atoms with Crippen molar-refractivity contribution in [2.45, 2.75) is 66.5 Å². The second-order valence-corrected chi connectivity index (χ2v) is 12.3. The van der Waals surface area contributed by atoms with E-state index in [1.165, 1.54) is 4.31 Å². The number of carbonyl (C=O) groups is 2. The lowest BCUT2D eigenvalue weighted by molar-refractivity contribution is -0.133. The lowest BCUT2D eigenvalue weighted by Gasteiger charge is -2.38. The first-order chi connectivity index (χ1) is 15.3. The zero-order valence-corrected chi connectivity index (χ0v) is 21.5. The minimum atomic E-state index is -3.86. The molecule has 9 heteroatoms. The molecule has 2 atom stereocenters. The van der Waals surface area contributed by atoms with Crippen molar-refractivity contribution in [2.75, 3.05) is 32.6 Å². The Balaban J connectivity index is 1.80. The summed E-state index contributed by atoms with van der Waals surface area (Å²) in [7, 11) is -2.31. The van der Waals surface area contributed by atoms with Crippen molar-refractivity contribution in [1.82, 2.24) is 9.21 Å². The number of Topliss-reactive ketones (excluding diaryl/α,β-unsaturated/α-hetero) is 1. The number of hydrogen-bond donors (Lipinski definition) is 0. The van der Waals surface area contributed by atoms with E-state index in [0.717, 1.165) is 12.2 Å². The highest BCUT2D eigenvalue weighted by atomic mass is 32.2. The number of carbonyl (C=O) groups excluding carboxylic acids is 2. The van der Waals surface area contributed by atoms with Crippen LogP contribution in [0.1, 0.15) is 58.5 Å². The average Bonchev–Trinajstić information content (AvgIpc) is 3.29. The predicted molar refractivity (Wildman–Crippen MR) is 125 cm³/mol. The number of nitrogens with zero attached hydrogens (tertiary/aromatic N) is 2. The molecule has 1 heterocycles. The molecule has 2 fully saturated rings. The van der Waals surface area contributed by atoms with Crippen molar-refractivity contribution in [3.05, 3.63) is 23.7 Å². The van der Waals surface area contributed by atoms with Crippen LogP contribution >= 0.6 is 0 Å².